The van der Waals surface area contributed by atoms with E-state index in [-0.39, 0.29) is 6.04 Å². The van der Waals surface area contributed by atoms with Gasteiger partial charge in [0.1, 0.15) is 12.4 Å². The molecule has 2 aromatic rings. The highest BCUT2D eigenvalue weighted by Gasteiger charge is 2.19. The van der Waals surface area contributed by atoms with Gasteiger partial charge in [0.05, 0.1) is 10.0 Å². The summed E-state index contributed by atoms with van der Waals surface area (Å²) in [5.74, 6) is 0.865. The van der Waals surface area contributed by atoms with Crippen LogP contribution in [-0.2, 0) is 13.0 Å². The van der Waals surface area contributed by atoms with Gasteiger partial charge in [-0.05, 0) is 53.8 Å². The van der Waals surface area contributed by atoms with Crippen molar-refractivity contribution in [2.75, 3.05) is 0 Å². The molecule has 3 rings (SSSR count). The van der Waals surface area contributed by atoms with Gasteiger partial charge in [-0.3, -0.25) is 0 Å². The molecule has 1 atom stereocenters. The molecule has 20 heavy (non-hydrogen) atoms. The van der Waals surface area contributed by atoms with Crippen LogP contribution >= 0.6 is 23.2 Å². The molecule has 2 N–H and O–H groups in total. The fraction of sp³-hybridized carbons (Fsp3) is 0.250. The van der Waals surface area contributed by atoms with E-state index in [1.807, 2.05) is 18.2 Å². The van der Waals surface area contributed by atoms with Crippen LogP contribution in [-0.4, -0.2) is 0 Å². The van der Waals surface area contributed by atoms with Crippen molar-refractivity contribution in [1.29, 1.82) is 0 Å². The summed E-state index contributed by atoms with van der Waals surface area (Å²) in [6.45, 7) is 0.474. The second-order valence-electron chi connectivity index (χ2n) is 5.04. The van der Waals surface area contributed by atoms with Crippen LogP contribution < -0.4 is 10.5 Å². The smallest absolute Gasteiger partial charge is 0.120 e. The molecule has 0 saturated carbocycles. The van der Waals surface area contributed by atoms with Crippen LogP contribution in [0.2, 0.25) is 10.0 Å². The fourth-order valence-corrected chi connectivity index (χ4v) is 2.83. The molecule has 0 heterocycles. The lowest BCUT2D eigenvalue weighted by Crippen LogP contribution is -2.05. The van der Waals surface area contributed by atoms with E-state index in [2.05, 4.69) is 12.1 Å². The van der Waals surface area contributed by atoms with Gasteiger partial charge in [-0.25, -0.2) is 0 Å². The monoisotopic (exact) mass is 307 g/mol. The summed E-state index contributed by atoms with van der Waals surface area (Å²) in [5.41, 5.74) is 9.56. The van der Waals surface area contributed by atoms with Crippen molar-refractivity contribution in [1.82, 2.24) is 0 Å². The zero-order valence-electron chi connectivity index (χ0n) is 10.9. The standard InChI is InChI=1S/C16H15Cl2NO/c17-14-5-1-10(7-15(14)18)9-20-12-3-4-13-11(8-12)2-6-16(13)19/h1,3-5,7-8,16H,2,6,9,19H2. The molecule has 0 aliphatic heterocycles. The van der Waals surface area contributed by atoms with E-state index in [9.17, 15) is 0 Å². The number of nitrogens with two attached hydrogens (primary N) is 1. The minimum Gasteiger partial charge on any atom is -0.489 e. The Kier molecular flexibility index (Phi) is 3.88. The third kappa shape index (κ3) is 2.78. The molecule has 0 radical (unpaired) electrons. The third-order valence-electron chi connectivity index (χ3n) is 3.63. The summed E-state index contributed by atoms with van der Waals surface area (Å²) in [7, 11) is 0. The van der Waals surface area contributed by atoms with Crippen molar-refractivity contribution in [2.24, 2.45) is 5.73 Å². The van der Waals surface area contributed by atoms with Crippen molar-refractivity contribution in [3.05, 3.63) is 63.1 Å². The first kappa shape index (κ1) is 13.7. The van der Waals surface area contributed by atoms with Crippen LogP contribution in [0.15, 0.2) is 36.4 Å². The van der Waals surface area contributed by atoms with Gasteiger partial charge in [-0.1, -0.05) is 35.3 Å². The van der Waals surface area contributed by atoms with Crippen molar-refractivity contribution < 1.29 is 4.74 Å². The molecular formula is C16H15Cl2NO. The minimum atomic E-state index is 0.175. The maximum absolute atomic E-state index is 6.02. The first-order chi connectivity index (χ1) is 9.63. The van der Waals surface area contributed by atoms with Crippen molar-refractivity contribution in [2.45, 2.75) is 25.5 Å². The fourth-order valence-electron chi connectivity index (χ4n) is 2.51. The molecule has 2 nitrogen and oxygen atoms in total. The molecule has 0 saturated heterocycles. The van der Waals surface area contributed by atoms with Crippen LogP contribution in [0.1, 0.15) is 29.2 Å². The highest BCUT2D eigenvalue weighted by molar-refractivity contribution is 6.42. The van der Waals surface area contributed by atoms with Gasteiger partial charge >= 0.3 is 0 Å². The van der Waals surface area contributed by atoms with Crippen molar-refractivity contribution >= 4 is 23.2 Å². The zero-order chi connectivity index (χ0) is 14.1. The second kappa shape index (κ2) is 5.65. The molecule has 0 bridgehead atoms. The average Bonchev–Trinajstić information content (AvgIpc) is 2.81. The lowest BCUT2D eigenvalue weighted by Gasteiger charge is -2.10. The van der Waals surface area contributed by atoms with E-state index < -0.39 is 0 Å². The number of hydrogen-bond acceptors (Lipinski definition) is 2. The van der Waals surface area contributed by atoms with Gasteiger partial charge in [-0.15, -0.1) is 0 Å². The van der Waals surface area contributed by atoms with Gasteiger partial charge < -0.3 is 10.5 Å². The third-order valence-corrected chi connectivity index (χ3v) is 4.37. The number of aryl methyl sites for hydroxylation is 1. The highest BCUT2D eigenvalue weighted by Crippen LogP contribution is 2.32. The molecule has 104 valence electrons. The molecule has 1 aliphatic carbocycles. The van der Waals surface area contributed by atoms with E-state index in [1.54, 1.807) is 6.07 Å². The Bertz CT molecular complexity index is 642. The Hall–Kier alpha value is -1.22. The summed E-state index contributed by atoms with van der Waals surface area (Å²) in [4.78, 5) is 0. The Morgan fingerprint density at radius 1 is 1.10 bits per heavy atom. The van der Waals surface area contributed by atoms with Crippen molar-refractivity contribution in [3.63, 3.8) is 0 Å². The number of rotatable bonds is 3. The molecule has 4 heteroatoms. The lowest BCUT2D eigenvalue weighted by molar-refractivity contribution is 0.306. The van der Waals surface area contributed by atoms with Gasteiger partial charge in [0.25, 0.3) is 0 Å². The molecular weight excluding hydrogens is 293 g/mol. The van der Waals surface area contributed by atoms with Gasteiger partial charge in [-0.2, -0.15) is 0 Å². The molecule has 1 unspecified atom stereocenters. The minimum absolute atomic E-state index is 0.175. The molecule has 1 aliphatic rings. The van der Waals surface area contributed by atoms with E-state index in [0.29, 0.717) is 16.7 Å². The van der Waals surface area contributed by atoms with Crippen molar-refractivity contribution in [3.8, 4) is 5.75 Å². The molecule has 0 spiro atoms. The summed E-state index contributed by atoms with van der Waals surface area (Å²) >= 11 is 11.9. The first-order valence-electron chi connectivity index (χ1n) is 6.58. The Morgan fingerprint density at radius 2 is 1.95 bits per heavy atom. The van der Waals surface area contributed by atoms with Crippen LogP contribution in [0, 0.1) is 0 Å². The Morgan fingerprint density at radius 3 is 2.75 bits per heavy atom. The van der Waals surface area contributed by atoms with E-state index in [0.717, 1.165) is 24.2 Å². The van der Waals surface area contributed by atoms with Gasteiger partial charge in [0, 0.05) is 6.04 Å². The predicted molar refractivity (Wildman–Crippen MR) is 82.5 cm³/mol. The lowest BCUT2D eigenvalue weighted by atomic mass is 10.1. The number of fused-ring (bicyclic) bond motifs is 1. The van der Waals surface area contributed by atoms with Gasteiger partial charge in [0.2, 0.25) is 0 Å². The van der Waals surface area contributed by atoms with Crippen LogP contribution in [0.25, 0.3) is 0 Å². The molecule has 0 amide bonds. The van der Waals surface area contributed by atoms with Crippen LogP contribution in [0.5, 0.6) is 5.75 Å². The summed E-state index contributed by atoms with van der Waals surface area (Å²) in [6.07, 6.45) is 2.05. The summed E-state index contributed by atoms with van der Waals surface area (Å²) < 4.78 is 5.80. The summed E-state index contributed by atoms with van der Waals surface area (Å²) in [5, 5.41) is 1.11. The first-order valence-corrected chi connectivity index (χ1v) is 7.34. The zero-order valence-corrected chi connectivity index (χ0v) is 12.4. The normalized spacial score (nSPS) is 17.1. The number of benzene rings is 2. The average molecular weight is 308 g/mol. The summed E-state index contributed by atoms with van der Waals surface area (Å²) in [6, 6.07) is 11.8. The topological polar surface area (TPSA) is 35.2 Å². The quantitative estimate of drug-likeness (QED) is 0.905. The Labute approximate surface area is 128 Å². The van der Waals surface area contributed by atoms with E-state index in [1.165, 1.54) is 11.1 Å². The SMILES string of the molecule is NC1CCc2cc(OCc3ccc(Cl)c(Cl)c3)ccc21. The second-order valence-corrected chi connectivity index (χ2v) is 5.86. The van der Waals surface area contributed by atoms with Crippen LogP contribution in [0.4, 0.5) is 0 Å². The van der Waals surface area contributed by atoms with E-state index >= 15 is 0 Å². The number of hydrogen-bond donors (Lipinski definition) is 1. The highest BCUT2D eigenvalue weighted by atomic mass is 35.5. The predicted octanol–water partition coefficient (Wildman–Crippen LogP) is 4.52. The van der Waals surface area contributed by atoms with Gasteiger partial charge in [0.15, 0.2) is 0 Å². The molecule has 0 fully saturated rings. The molecule has 0 aromatic heterocycles. The molecule has 2 aromatic carbocycles. The van der Waals surface area contributed by atoms with Crippen LogP contribution in [0.3, 0.4) is 0 Å². The maximum atomic E-state index is 6.02. The van der Waals surface area contributed by atoms with E-state index in [4.69, 9.17) is 33.7 Å². The number of halogens is 2. The Balaban J connectivity index is 1.71. The maximum Gasteiger partial charge on any atom is 0.120 e. The largest absolute Gasteiger partial charge is 0.489 e. The number of ether oxygens (including phenoxy) is 1.